The molecule has 1 atom stereocenters. The molecule has 0 aliphatic rings. The number of nitrogens with zero attached hydrogens (tertiary/aromatic N) is 3. The lowest BCUT2D eigenvalue weighted by molar-refractivity contribution is 0.636. The van der Waals surface area contributed by atoms with Gasteiger partial charge in [0.1, 0.15) is 23.3 Å². The molecule has 0 bridgehead atoms. The third-order valence-corrected chi connectivity index (χ3v) is 4.67. The molecule has 4 rings (SSSR count). The van der Waals surface area contributed by atoms with Gasteiger partial charge in [0, 0.05) is 17.1 Å². The van der Waals surface area contributed by atoms with Gasteiger partial charge in [-0.05, 0) is 24.1 Å². The lowest BCUT2D eigenvalue weighted by Crippen LogP contribution is -2.13. The maximum absolute atomic E-state index is 14.3. The predicted octanol–water partition coefficient (Wildman–Crippen LogP) is 4.17. The molecular weight excluding hydrogens is 355 g/mol. The van der Waals surface area contributed by atoms with Crippen LogP contribution in [-0.2, 0) is 0 Å². The number of hydrogen-bond acceptors (Lipinski definition) is 6. The van der Waals surface area contributed by atoms with Crippen LogP contribution in [0, 0.1) is 5.82 Å². The molecule has 5 N–H and O–H groups in total. The van der Waals surface area contributed by atoms with Gasteiger partial charge >= 0.3 is 0 Å². The topological polar surface area (TPSA) is 103 Å². The molecule has 0 spiro atoms. The van der Waals surface area contributed by atoms with Gasteiger partial charge < -0.3 is 16.8 Å². The van der Waals surface area contributed by atoms with Crippen molar-refractivity contribution in [2.45, 2.75) is 13.0 Å². The number of nitrogen functional groups attached to an aromatic ring is 2. The van der Waals surface area contributed by atoms with E-state index in [0.29, 0.717) is 11.3 Å². The Morgan fingerprint density at radius 2 is 1.75 bits per heavy atom. The maximum Gasteiger partial charge on any atom is 0.155 e. The molecule has 6 nitrogen and oxygen atoms in total. The molecule has 2 aromatic heterocycles. The van der Waals surface area contributed by atoms with Crippen molar-refractivity contribution >= 4 is 28.2 Å². The Morgan fingerprint density at radius 3 is 2.54 bits per heavy atom. The second-order valence-electron chi connectivity index (χ2n) is 6.48. The number of para-hydroxylation sites is 1. The van der Waals surface area contributed by atoms with Crippen LogP contribution in [0.15, 0.2) is 61.1 Å². The van der Waals surface area contributed by atoms with Crippen molar-refractivity contribution in [3.63, 3.8) is 0 Å². The minimum Gasteiger partial charge on any atom is -0.393 e. The van der Waals surface area contributed by atoms with Crippen LogP contribution in [0.5, 0.6) is 0 Å². The third-order valence-electron chi connectivity index (χ3n) is 4.67. The van der Waals surface area contributed by atoms with Crippen molar-refractivity contribution in [1.29, 1.82) is 0 Å². The second-order valence-corrected chi connectivity index (χ2v) is 6.48. The first-order chi connectivity index (χ1) is 13.6. The van der Waals surface area contributed by atoms with E-state index < -0.39 is 0 Å². The van der Waals surface area contributed by atoms with Crippen LogP contribution in [0.1, 0.15) is 18.5 Å². The molecule has 2 heterocycles. The first-order valence-electron chi connectivity index (χ1n) is 8.81. The molecule has 0 radical (unpaired) electrons. The molecule has 0 unspecified atom stereocenters. The average molecular weight is 374 g/mol. The number of hydrogen-bond donors (Lipinski definition) is 3. The zero-order valence-corrected chi connectivity index (χ0v) is 15.2. The van der Waals surface area contributed by atoms with E-state index in [0.717, 1.165) is 22.1 Å². The molecule has 0 amide bonds. The van der Waals surface area contributed by atoms with Crippen molar-refractivity contribution < 1.29 is 4.39 Å². The van der Waals surface area contributed by atoms with Crippen molar-refractivity contribution in [2.75, 3.05) is 16.8 Å². The first kappa shape index (κ1) is 17.7. The Morgan fingerprint density at radius 1 is 0.964 bits per heavy atom. The van der Waals surface area contributed by atoms with E-state index in [1.165, 1.54) is 12.4 Å². The molecule has 0 aliphatic carbocycles. The van der Waals surface area contributed by atoms with Gasteiger partial charge in [-0.15, -0.1) is 0 Å². The molecule has 0 saturated heterocycles. The normalized spacial score (nSPS) is 12.1. The predicted molar refractivity (Wildman–Crippen MR) is 110 cm³/mol. The number of benzene rings is 2. The zero-order valence-electron chi connectivity index (χ0n) is 15.2. The van der Waals surface area contributed by atoms with Gasteiger partial charge in [-0.25, -0.2) is 14.4 Å². The number of anilines is 3. The van der Waals surface area contributed by atoms with Gasteiger partial charge in [0.15, 0.2) is 11.6 Å². The standard InChI is InChI=1S/C21H19FN6/c1-12(28-21-18(23)20(24)26-11-27-21)15-10-25-19-14(8-5-9-16(19)22)17(15)13-6-3-2-4-7-13/h2-12H,23H2,1H3,(H3,24,26,27,28)/t12-/m1/s1. The van der Waals surface area contributed by atoms with Gasteiger partial charge in [0.2, 0.25) is 0 Å². The van der Waals surface area contributed by atoms with Gasteiger partial charge in [-0.3, -0.25) is 4.98 Å². The quantitative estimate of drug-likeness (QED) is 0.495. The smallest absolute Gasteiger partial charge is 0.155 e. The van der Waals surface area contributed by atoms with E-state index in [-0.39, 0.29) is 23.4 Å². The molecule has 28 heavy (non-hydrogen) atoms. The van der Waals surface area contributed by atoms with Crippen molar-refractivity contribution in [3.8, 4) is 11.1 Å². The number of fused-ring (bicyclic) bond motifs is 1. The number of halogens is 1. The molecule has 0 saturated carbocycles. The lowest BCUT2D eigenvalue weighted by Gasteiger charge is -2.21. The van der Waals surface area contributed by atoms with Gasteiger partial charge in [-0.2, -0.15) is 0 Å². The summed E-state index contributed by atoms with van der Waals surface area (Å²) >= 11 is 0. The largest absolute Gasteiger partial charge is 0.393 e. The summed E-state index contributed by atoms with van der Waals surface area (Å²) in [5, 5.41) is 4.01. The van der Waals surface area contributed by atoms with Crippen LogP contribution in [0.2, 0.25) is 0 Å². The summed E-state index contributed by atoms with van der Waals surface area (Å²) in [5.41, 5.74) is 15.2. The Bertz CT molecular complexity index is 1150. The number of pyridine rings is 1. The highest BCUT2D eigenvalue weighted by Gasteiger charge is 2.19. The summed E-state index contributed by atoms with van der Waals surface area (Å²) in [6.45, 7) is 1.96. The van der Waals surface area contributed by atoms with Crippen LogP contribution in [0.25, 0.3) is 22.0 Å². The molecule has 2 aromatic carbocycles. The van der Waals surface area contributed by atoms with E-state index >= 15 is 0 Å². The molecule has 7 heteroatoms. The Kier molecular flexibility index (Phi) is 4.49. The summed E-state index contributed by atoms with van der Waals surface area (Å²) in [6, 6.07) is 14.6. The van der Waals surface area contributed by atoms with Crippen LogP contribution < -0.4 is 16.8 Å². The highest BCUT2D eigenvalue weighted by Crippen LogP contribution is 2.36. The summed E-state index contributed by atoms with van der Waals surface area (Å²) in [5.74, 6) is 0.305. The summed E-state index contributed by atoms with van der Waals surface area (Å²) < 4.78 is 14.3. The fourth-order valence-corrected chi connectivity index (χ4v) is 3.26. The van der Waals surface area contributed by atoms with Crippen LogP contribution >= 0.6 is 0 Å². The molecular formula is C21H19FN6. The fraction of sp³-hybridized carbons (Fsp3) is 0.0952. The highest BCUT2D eigenvalue weighted by atomic mass is 19.1. The van der Waals surface area contributed by atoms with Crippen molar-refractivity contribution in [2.24, 2.45) is 0 Å². The first-order valence-corrected chi connectivity index (χ1v) is 8.81. The molecule has 4 aromatic rings. The lowest BCUT2D eigenvalue weighted by atomic mass is 9.93. The fourth-order valence-electron chi connectivity index (χ4n) is 3.26. The van der Waals surface area contributed by atoms with Crippen LogP contribution in [-0.4, -0.2) is 15.0 Å². The Labute approximate surface area is 161 Å². The highest BCUT2D eigenvalue weighted by molar-refractivity contribution is 5.96. The SMILES string of the molecule is C[C@@H](Nc1ncnc(N)c1N)c1cnc2c(F)cccc2c1-c1ccccc1. The summed E-state index contributed by atoms with van der Waals surface area (Å²) in [4.78, 5) is 12.4. The van der Waals surface area contributed by atoms with E-state index in [1.807, 2.05) is 43.3 Å². The number of aromatic nitrogens is 3. The van der Waals surface area contributed by atoms with E-state index in [2.05, 4.69) is 20.3 Å². The van der Waals surface area contributed by atoms with Crippen molar-refractivity contribution in [1.82, 2.24) is 15.0 Å². The van der Waals surface area contributed by atoms with Gasteiger partial charge in [-0.1, -0.05) is 42.5 Å². The van der Waals surface area contributed by atoms with E-state index in [4.69, 9.17) is 11.5 Å². The molecule has 0 fully saturated rings. The molecule has 0 aliphatic heterocycles. The van der Waals surface area contributed by atoms with E-state index in [1.54, 1.807) is 12.3 Å². The summed E-state index contributed by atoms with van der Waals surface area (Å²) in [7, 11) is 0. The van der Waals surface area contributed by atoms with Gasteiger partial charge in [0.25, 0.3) is 0 Å². The number of nitrogens with one attached hydrogen (secondary N) is 1. The van der Waals surface area contributed by atoms with Gasteiger partial charge in [0.05, 0.1) is 6.04 Å². The third kappa shape index (κ3) is 3.07. The number of nitrogens with two attached hydrogens (primary N) is 2. The maximum atomic E-state index is 14.3. The Balaban J connectivity index is 1.88. The van der Waals surface area contributed by atoms with Crippen LogP contribution in [0.4, 0.5) is 21.7 Å². The summed E-state index contributed by atoms with van der Waals surface area (Å²) in [6.07, 6.45) is 3.04. The Hall–Kier alpha value is -3.74. The second kappa shape index (κ2) is 7.11. The van der Waals surface area contributed by atoms with Crippen molar-refractivity contribution in [3.05, 3.63) is 72.4 Å². The minimum absolute atomic E-state index is 0.215. The molecule has 140 valence electrons. The zero-order chi connectivity index (χ0) is 19.7. The van der Waals surface area contributed by atoms with Crippen LogP contribution in [0.3, 0.4) is 0 Å². The van der Waals surface area contributed by atoms with E-state index in [9.17, 15) is 4.39 Å². The number of rotatable bonds is 4. The minimum atomic E-state index is -0.352. The average Bonchev–Trinajstić information content (AvgIpc) is 2.71. The monoisotopic (exact) mass is 374 g/mol.